The molecule has 0 aliphatic heterocycles. The molecule has 1 aromatic heterocycles. The largest absolute Gasteiger partial charge is 0.394 e. The molecule has 0 bridgehead atoms. The van der Waals surface area contributed by atoms with Crippen molar-refractivity contribution in [2.24, 2.45) is 7.05 Å². The summed E-state index contributed by atoms with van der Waals surface area (Å²) >= 11 is 0. The first-order valence-electron chi connectivity index (χ1n) is 8.25. The van der Waals surface area contributed by atoms with Crippen molar-refractivity contribution in [3.63, 3.8) is 0 Å². The number of aromatic nitrogens is 2. The summed E-state index contributed by atoms with van der Waals surface area (Å²) in [5.74, 6) is 0.977. The summed E-state index contributed by atoms with van der Waals surface area (Å²) in [6.45, 7) is 5.34. The second-order valence-electron chi connectivity index (χ2n) is 5.59. The topological polar surface area (TPSA) is 55.9 Å². The molecule has 0 saturated heterocycles. The van der Waals surface area contributed by atoms with Crippen molar-refractivity contribution in [3.05, 3.63) is 5.69 Å². The van der Waals surface area contributed by atoms with Crippen molar-refractivity contribution in [1.29, 1.82) is 0 Å². The number of anilines is 2. The number of hydrogen-bond acceptors (Lipinski definition) is 3. The standard InChI is InChI=1S/C16H32N4/c1-4-6-7-8-9-10-11-12-13-18-16-15(17)14(5-2)19-20(16)3/h18H,4-13,17H2,1-3H3. The molecule has 0 amide bonds. The number of aryl methyl sites for hydroxylation is 2. The normalized spacial score (nSPS) is 10.9. The molecule has 116 valence electrons. The highest BCUT2D eigenvalue weighted by molar-refractivity contribution is 5.64. The number of unbranched alkanes of at least 4 members (excludes halogenated alkanes) is 7. The lowest BCUT2D eigenvalue weighted by Crippen LogP contribution is -2.07. The molecule has 3 N–H and O–H groups in total. The zero-order valence-corrected chi connectivity index (χ0v) is 13.5. The van der Waals surface area contributed by atoms with E-state index in [1.165, 1.54) is 51.4 Å². The van der Waals surface area contributed by atoms with Crippen LogP contribution in [0.1, 0.15) is 70.9 Å². The van der Waals surface area contributed by atoms with Gasteiger partial charge in [0.05, 0.1) is 11.4 Å². The zero-order valence-electron chi connectivity index (χ0n) is 13.5. The van der Waals surface area contributed by atoms with Crippen molar-refractivity contribution >= 4 is 11.5 Å². The van der Waals surface area contributed by atoms with E-state index in [0.29, 0.717) is 0 Å². The van der Waals surface area contributed by atoms with Gasteiger partial charge in [0.15, 0.2) is 0 Å². The van der Waals surface area contributed by atoms with Gasteiger partial charge >= 0.3 is 0 Å². The summed E-state index contributed by atoms with van der Waals surface area (Å²) in [4.78, 5) is 0. The van der Waals surface area contributed by atoms with E-state index in [1.54, 1.807) is 0 Å². The lowest BCUT2D eigenvalue weighted by atomic mass is 10.1. The van der Waals surface area contributed by atoms with Gasteiger partial charge < -0.3 is 11.1 Å². The summed E-state index contributed by atoms with van der Waals surface area (Å²) in [5.41, 5.74) is 7.88. The van der Waals surface area contributed by atoms with Gasteiger partial charge in [-0.25, -0.2) is 0 Å². The van der Waals surface area contributed by atoms with Crippen LogP contribution in [0.25, 0.3) is 0 Å². The Bertz CT molecular complexity index is 371. The van der Waals surface area contributed by atoms with E-state index in [1.807, 2.05) is 11.7 Å². The van der Waals surface area contributed by atoms with Gasteiger partial charge in [-0.1, -0.05) is 58.8 Å². The van der Waals surface area contributed by atoms with Crippen LogP contribution in [0.15, 0.2) is 0 Å². The SMILES string of the molecule is CCCCCCCCCCNc1c(N)c(CC)nn1C. The Morgan fingerprint density at radius 2 is 1.60 bits per heavy atom. The first-order valence-corrected chi connectivity index (χ1v) is 8.25. The third kappa shape index (κ3) is 5.43. The lowest BCUT2D eigenvalue weighted by Gasteiger charge is -2.07. The number of nitrogens with two attached hydrogens (primary N) is 1. The van der Waals surface area contributed by atoms with Gasteiger partial charge in [-0.3, -0.25) is 4.68 Å². The molecule has 20 heavy (non-hydrogen) atoms. The van der Waals surface area contributed by atoms with Crippen molar-refractivity contribution in [2.45, 2.75) is 71.6 Å². The van der Waals surface area contributed by atoms with Gasteiger partial charge in [-0.2, -0.15) is 5.10 Å². The highest BCUT2D eigenvalue weighted by Gasteiger charge is 2.10. The van der Waals surface area contributed by atoms with Gasteiger partial charge in [-0.05, 0) is 12.8 Å². The molecule has 4 nitrogen and oxygen atoms in total. The second-order valence-corrected chi connectivity index (χ2v) is 5.59. The van der Waals surface area contributed by atoms with E-state index in [2.05, 4.69) is 24.3 Å². The highest BCUT2D eigenvalue weighted by Crippen LogP contribution is 2.22. The van der Waals surface area contributed by atoms with Crippen LogP contribution >= 0.6 is 0 Å². The molecule has 4 heteroatoms. The maximum absolute atomic E-state index is 6.08. The average Bonchev–Trinajstić information content (AvgIpc) is 2.72. The molecule has 0 atom stereocenters. The van der Waals surface area contributed by atoms with Crippen molar-refractivity contribution in [2.75, 3.05) is 17.6 Å². The Morgan fingerprint density at radius 3 is 2.15 bits per heavy atom. The monoisotopic (exact) mass is 280 g/mol. The predicted molar refractivity (Wildman–Crippen MR) is 88.1 cm³/mol. The molecule has 0 aliphatic rings. The molecule has 0 aromatic carbocycles. The second kappa shape index (κ2) is 9.67. The minimum absolute atomic E-state index is 0.814. The molecule has 1 heterocycles. The summed E-state index contributed by atoms with van der Waals surface area (Å²) in [5, 5.41) is 7.84. The van der Waals surface area contributed by atoms with E-state index in [0.717, 1.165) is 30.2 Å². The fourth-order valence-electron chi connectivity index (χ4n) is 2.53. The Hall–Kier alpha value is -1.19. The molecule has 0 spiro atoms. The smallest absolute Gasteiger partial charge is 0.147 e. The maximum atomic E-state index is 6.08. The summed E-state index contributed by atoms with van der Waals surface area (Å²) in [6, 6.07) is 0. The summed E-state index contributed by atoms with van der Waals surface area (Å²) < 4.78 is 1.86. The Kier molecular flexibility index (Phi) is 8.16. The van der Waals surface area contributed by atoms with Gasteiger partial charge in [0.1, 0.15) is 5.82 Å². The number of nitrogens with one attached hydrogen (secondary N) is 1. The molecule has 1 rings (SSSR count). The lowest BCUT2D eigenvalue weighted by molar-refractivity contribution is 0.580. The van der Waals surface area contributed by atoms with Gasteiger partial charge in [0.25, 0.3) is 0 Å². The van der Waals surface area contributed by atoms with Crippen molar-refractivity contribution < 1.29 is 0 Å². The third-order valence-electron chi connectivity index (χ3n) is 3.82. The van der Waals surface area contributed by atoms with Gasteiger partial charge in [0, 0.05) is 13.6 Å². The van der Waals surface area contributed by atoms with E-state index < -0.39 is 0 Å². The number of nitrogen functional groups attached to an aromatic ring is 1. The molecular weight excluding hydrogens is 248 g/mol. The minimum atomic E-state index is 0.814. The average molecular weight is 280 g/mol. The van der Waals surface area contributed by atoms with Crippen molar-refractivity contribution in [3.8, 4) is 0 Å². The molecule has 0 radical (unpaired) electrons. The van der Waals surface area contributed by atoms with Gasteiger partial charge in [-0.15, -0.1) is 0 Å². The van der Waals surface area contributed by atoms with Crippen molar-refractivity contribution in [1.82, 2.24) is 9.78 Å². The van der Waals surface area contributed by atoms with Crippen LogP contribution in [0.2, 0.25) is 0 Å². The molecule has 1 aromatic rings. The third-order valence-corrected chi connectivity index (χ3v) is 3.82. The summed E-state index contributed by atoms with van der Waals surface area (Å²) in [7, 11) is 1.95. The van der Waals surface area contributed by atoms with Crippen LogP contribution in [-0.2, 0) is 13.5 Å². The van der Waals surface area contributed by atoms with Crippen LogP contribution in [0.5, 0.6) is 0 Å². The van der Waals surface area contributed by atoms with E-state index in [4.69, 9.17) is 5.73 Å². The van der Waals surface area contributed by atoms with E-state index in [9.17, 15) is 0 Å². The summed E-state index contributed by atoms with van der Waals surface area (Å²) in [6.07, 6.45) is 11.7. The first kappa shape index (κ1) is 16.9. The number of nitrogens with zero attached hydrogens (tertiary/aromatic N) is 2. The first-order chi connectivity index (χ1) is 9.70. The molecule has 0 unspecified atom stereocenters. The van der Waals surface area contributed by atoms with Gasteiger partial charge in [0.2, 0.25) is 0 Å². The molecule has 0 saturated carbocycles. The minimum Gasteiger partial charge on any atom is -0.394 e. The highest BCUT2D eigenvalue weighted by atomic mass is 15.3. The van der Waals surface area contributed by atoms with E-state index >= 15 is 0 Å². The zero-order chi connectivity index (χ0) is 14.8. The van der Waals surface area contributed by atoms with Crippen LogP contribution < -0.4 is 11.1 Å². The predicted octanol–water partition coefficient (Wildman–Crippen LogP) is 4.12. The van der Waals surface area contributed by atoms with Crippen LogP contribution in [0.4, 0.5) is 11.5 Å². The fourth-order valence-corrected chi connectivity index (χ4v) is 2.53. The quantitative estimate of drug-likeness (QED) is 0.600. The van der Waals surface area contributed by atoms with Crippen LogP contribution in [0, 0.1) is 0 Å². The molecule has 0 aliphatic carbocycles. The van der Waals surface area contributed by atoms with Crippen LogP contribution in [-0.4, -0.2) is 16.3 Å². The Morgan fingerprint density at radius 1 is 1.00 bits per heavy atom. The number of hydrogen-bond donors (Lipinski definition) is 2. The van der Waals surface area contributed by atoms with Crippen LogP contribution in [0.3, 0.4) is 0 Å². The number of rotatable bonds is 11. The Balaban J connectivity index is 2.11. The Labute approximate surface area is 124 Å². The van der Waals surface area contributed by atoms with E-state index in [-0.39, 0.29) is 0 Å². The fraction of sp³-hybridized carbons (Fsp3) is 0.812. The molecule has 0 fully saturated rings. The molecular formula is C16H32N4. The maximum Gasteiger partial charge on any atom is 0.147 e.